The van der Waals surface area contributed by atoms with E-state index >= 15 is 0 Å². The van der Waals surface area contributed by atoms with Gasteiger partial charge in [-0.25, -0.2) is 0 Å². The quantitative estimate of drug-likeness (QED) is 0.798. The normalized spacial score (nSPS) is 26.5. The lowest BCUT2D eigenvalue weighted by molar-refractivity contribution is -0.931. The standard InChI is InChI=1S/C23H27NO2/c1-24(2)17-11-12-18(24)14-16(13-17)15-21(19-7-3-5-9-22(19)25)20-8-4-6-10-23(20)26/h3-10,15-18H,11-14H2,1-2H3,(H-,25,26)/p+1/t16-,17+,18-. The molecule has 0 aromatic heterocycles. The Balaban J connectivity index is 1.76. The molecule has 0 aliphatic carbocycles. The first-order valence-electron chi connectivity index (χ1n) is 9.58. The van der Waals surface area contributed by atoms with Crippen molar-refractivity contribution in [1.29, 1.82) is 0 Å². The number of piperidine rings is 1. The van der Waals surface area contributed by atoms with Gasteiger partial charge in [0.15, 0.2) is 0 Å². The van der Waals surface area contributed by atoms with Gasteiger partial charge in [0.2, 0.25) is 0 Å². The van der Waals surface area contributed by atoms with Crippen molar-refractivity contribution in [2.24, 2.45) is 5.92 Å². The van der Waals surface area contributed by atoms with E-state index in [1.807, 2.05) is 36.4 Å². The lowest BCUT2D eigenvalue weighted by Crippen LogP contribution is -2.54. The monoisotopic (exact) mass is 350 g/mol. The number of benzene rings is 2. The summed E-state index contributed by atoms with van der Waals surface area (Å²) in [6, 6.07) is 16.3. The second-order valence-electron chi connectivity index (χ2n) is 8.36. The van der Waals surface area contributed by atoms with Gasteiger partial charge in [-0.05, 0) is 23.6 Å². The lowest BCUT2D eigenvalue weighted by atomic mass is 9.85. The number of aromatic hydroxyl groups is 2. The number of allylic oxidation sites excluding steroid dienone is 1. The van der Waals surface area contributed by atoms with Gasteiger partial charge in [0.1, 0.15) is 11.5 Å². The molecule has 3 heteroatoms. The maximum atomic E-state index is 10.4. The fraction of sp³-hybridized carbons (Fsp3) is 0.391. The van der Waals surface area contributed by atoms with Gasteiger partial charge in [0.25, 0.3) is 0 Å². The number of phenols is 2. The number of fused-ring (bicyclic) bond motifs is 2. The van der Waals surface area contributed by atoms with Crippen molar-refractivity contribution in [3.05, 3.63) is 65.7 Å². The Morgan fingerprint density at radius 1 is 0.846 bits per heavy atom. The SMILES string of the molecule is C[N+]1(C)[C@@H]2CC[C@H]1C[C@@H](C=C(c1ccccc1O)c1ccccc1O)C2. The van der Waals surface area contributed by atoms with E-state index in [-0.39, 0.29) is 11.5 Å². The number of phenolic OH excluding ortho intramolecular Hbond substituents is 2. The molecule has 2 heterocycles. The van der Waals surface area contributed by atoms with Crippen molar-refractivity contribution >= 4 is 5.57 Å². The Hall–Kier alpha value is -2.26. The molecule has 2 N–H and O–H groups in total. The predicted molar refractivity (Wildman–Crippen MR) is 105 cm³/mol. The second-order valence-corrected chi connectivity index (χ2v) is 8.36. The molecule has 136 valence electrons. The minimum Gasteiger partial charge on any atom is -0.507 e. The van der Waals surface area contributed by atoms with E-state index in [1.54, 1.807) is 12.1 Å². The number of para-hydroxylation sites is 2. The van der Waals surface area contributed by atoms with E-state index in [0.29, 0.717) is 18.0 Å². The molecule has 3 atom stereocenters. The van der Waals surface area contributed by atoms with Crippen LogP contribution in [-0.4, -0.2) is 40.9 Å². The van der Waals surface area contributed by atoms with Crippen LogP contribution < -0.4 is 0 Å². The van der Waals surface area contributed by atoms with E-state index in [1.165, 1.54) is 25.7 Å². The van der Waals surface area contributed by atoms with Gasteiger partial charge < -0.3 is 14.7 Å². The van der Waals surface area contributed by atoms with Gasteiger partial charge in [-0.2, -0.15) is 0 Å². The summed E-state index contributed by atoms with van der Waals surface area (Å²) in [6.07, 6.45) is 7.27. The smallest absolute Gasteiger partial charge is 0.123 e. The van der Waals surface area contributed by atoms with Crippen LogP contribution in [0.1, 0.15) is 36.8 Å². The minimum absolute atomic E-state index is 0.261. The molecule has 0 spiro atoms. The Morgan fingerprint density at radius 3 is 1.77 bits per heavy atom. The van der Waals surface area contributed by atoms with Crippen LogP contribution in [0, 0.1) is 5.92 Å². The molecule has 0 radical (unpaired) electrons. The van der Waals surface area contributed by atoms with E-state index in [0.717, 1.165) is 21.2 Å². The van der Waals surface area contributed by atoms with Gasteiger partial charge in [-0.15, -0.1) is 0 Å². The maximum Gasteiger partial charge on any atom is 0.123 e. The first-order valence-corrected chi connectivity index (χ1v) is 9.58. The molecule has 4 rings (SSSR count). The van der Waals surface area contributed by atoms with Gasteiger partial charge in [-0.1, -0.05) is 42.5 Å². The Labute approximate surface area is 155 Å². The number of nitrogens with zero attached hydrogens (tertiary/aromatic N) is 1. The number of hydrogen-bond acceptors (Lipinski definition) is 2. The number of hydrogen-bond donors (Lipinski definition) is 2. The van der Waals surface area contributed by atoms with Crippen LogP contribution >= 0.6 is 0 Å². The summed E-state index contributed by atoms with van der Waals surface area (Å²) in [5.74, 6) is 1.00. The number of rotatable bonds is 3. The lowest BCUT2D eigenvalue weighted by Gasteiger charge is -2.44. The van der Waals surface area contributed by atoms with Gasteiger partial charge in [-0.3, -0.25) is 0 Å². The molecule has 2 aliphatic heterocycles. The highest BCUT2D eigenvalue weighted by Gasteiger charge is 2.48. The van der Waals surface area contributed by atoms with Crippen molar-refractivity contribution in [2.45, 2.75) is 37.8 Å². The van der Waals surface area contributed by atoms with Crippen LogP contribution in [0.5, 0.6) is 11.5 Å². The van der Waals surface area contributed by atoms with Gasteiger partial charge >= 0.3 is 0 Å². The summed E-state index contributed by atoms with van der Waals surface area (Å²) in [5.41, 5.74) is 2.53. The molecule has 3 nitrogen and oxygen atoms in total. The highest BCUT2D eigenvalue weighted by molar-refractivity contribution is 5.85. The van der Waals surface area contributed by atoms with Gasteiger partial charge in [0, 0.05) is 36.8 Å². The molecule has 2 bridgehead atoms. The van der Waals surface area contributed by atoms with Crippen molar-refractivity contribution < 1.29 is 14.7 Å². The molecular formula is C23H28NO2+. The maximum absolute atomic E-state index is 10.4. The molecule has 2 aromatic rings. The summed E-state index contributed by atoms with van der Waals surface area (Å²) < 4.78 is 1.15. The molecule has 2 fully saturated rings. The zero-order valence-electron chi connectivity index (χ0n) is 15.6. The van der Waals surface area contributed by atoms with E-state index in [4.69, 9.17) is 0 Å². The highest BCUT2D eigenvalue weighted by Crippen LogP contribution is 2.44. The topological polar surface area (TPSA) is 40.5 Å². The fourth-order valence-corrected chi connectivity index (χ4v) is 5.02. The molecule has 2 aromatic carbocycles. The third-order valence-electron chi connectivity index (χ3n) is 6.66. The number of quaternary nitrogens is 1. The second kappa shape index (κ2) is 6.48. The van der Waals surface area contributed by atoms with E-state index in [9.17, 15) is 10.2 Å². The van der Waals surface area contributed by atoms with Crippen molar-refractivity contribution in [3.63, 3.8) is 0 Å². The first kappa shape index (κ1) is 17.2. The minimum atomic E-state index is 0.261. The average molecular weight is 350 g/mol. The van der Waals surface area contributed by atoms with Crippen LogP contribution in [0.15, 0.2) is 54.6 Å². The molecule has 26 heavy (non-hydrogen) atoms. The molecule has 2 aliphatic rings. The van der Waals surface area contributed by atoms with E-state index < -0.39 is 0 Å². The highest BCUT2D eigenvalue weighted by atomic mass is 16.3. The van der Waals surface area contributed by atoms with Crippen molar-refractivity contribution in [2.75, 3.05) is 14.1 Å². The largest absolute Gasteiger partial charge is 0.507 e. The zero-order chi connectivity index (χ0) is 18.3. The molecule has 0 amide bonds. The third kappa shape index (κ3) is 2.90. The van der Waals surface area contributed by atoms with Crippen LogP contribution in [0.2, 0.25) is 0 Å². The van der Waals surface area contributed by atoms with E-state index in [2.05, 4.69) is 20.2 Å². The van der Waals surface area contributed by atoms with Gasteiger partial charge in [0.05, 0.1) is 26.2 Å². The summed E-state index contributed by atoms with van der Waals surface area (Å²) >= 11 is 0. The first-order chi connectivity index (χ1) is 12.5. The van der Waals surface area contributed by atoms with Crippen molar-refractivity contribution in [3.8, 4) is 11.5 Å². The summed E-state index contributed by atoms with van der Waals surface area (Å²) in [6.45, 7) is 0. The Morgan fingerprint density at radius 2 is 1.31 bits per heavy atom. The fourth-order valence-electron chi connectivity index (χ4n) is 5.02. The van der Waals surface area contributed by atoms with Crippen molar-refractivity contribution in [1.82, 2.24) is 0 Å². The summed E-state index contributed by atoms with van der Waals surface area (Å²) in [5, 5.41) is 20.9. The molecule has 0 saturated carbocycles. The van der Waals surface area contributed by atoms with Crippen LogP contribution in [0.3, 0.4) is 0 Å². The predicted octanol–water partition coefficient (Wildman–Crippen LogP) is 4.55. The van der Waals surface area contributed by atoms with Crippen LogP contribution in [-0.2, 0) is 0 Å². The Bertz CT molecular complexity index is 776. The summed E-state index contributed by atoms with van der Waals surface area (Å²) in [7, 11) is 4.74. The summed E-state index contributed by atoms with van der Waals surface area (Å²) in [4.78, 5) is 0. The average Bonchev–Trinajstić information content (AvgIpc) is 2.78. The molecule has 0 unspecified atom stereocenters. The third-order valence-corrected chi connectivity index (χ3v) is 6.66. The molecule has 2 saturated heterocycles. The molecular weight excluding hydrogens is 322 g/mol. The van der Waals surface area contributed by atoms with Crippen LogP contribution in [0.4, 0.5) is 0 Å². The zero-order valence-corrected chi connectivity index (χ0v) is 15.6. The Kier molecular flexibility index (Phi) is 4.28. The van der Waals surface area contributed by atoms with Crippen LogP contribution in [0.25, 0.3) is 5.57 Å².